The minimum Gasteiger partial charge on any atom is -0.493 e. The van der Waals surface area contributed by atoms with E-state index in [1.165, 1.54) is 19.3 Å². The van der Waals surface area contributed by atoms with Crippen molar-refractivity contribution in [3.8, 4) is 5.75 Å². The molecule has 18 heavy (non-hydrogen) atoms. The third kappa shape index (κ3) is 4.69. The Balaban J connectivity index is 2.47. The molecule has 0 aliphatic heterocycles. The van der Waals surface area contributed by atoms with Crippen LogP contribution in [0.4, 0.5) is 0 Å². The number of aromatic carboxylic acids is 1. The van der Waals surface area contributed by atoms with Gasteiger partial charge in [0, 0.05) is 4.47 Å². The summed E-state index contributed by atoms with van der Waals surface area (Å²) in [5.41, 5.74) is 0.200. The van der Waals surface area contributed by atoms with E-state index in [2.05, 4.69) is 22.9 Å². The van der Waals surface area contributed by atoms with Gasteiger partial charge in [-0.2, -0.15) is 0 Å². The van der Waals surface area contributed by atoms with Crippen LogP contribution in [-0.4, -0.2) is 17.7 Å². The summed E-state index contributed by atoms with van der Waals surface area (Å²) in [4.78, 5) is 11.1. The molecular formula is C14H19BrO3. The van der Waals surface area contributed by atoms with Crippen molar-refractivity contribution in [3.63, 3.8) is 0 Å². The van der Waals surface area contributed by atoms with Gasteiger partial charge in [0.25, 0.3) is 0 Å². The monoisotopic (exact) mass is 314 g/mol. The molecule has 0 heterocycles. The Bertz CT molecular complexity index is 391. The Kier molecular flexibility index (Phi) is 6.80. The molecule has 0 unspecified atom stereocenters. The van der Waals surface area contributed by atoms with E-state index in [0.717, 1.165) is 12.8 Å². The first kappa shape index (κ1) is 15.0. The van der Waals surface area contributed by atoms with Crippen molar-refractivity contribution in [1.82, 2.24) is 0 Å². The predicted octanol–water partition coefficient (Wildman–Crippen LogP) is 4.50. The highest BCUT2D eigenvalue weighted by atomic mass is 79.9. The van der Waals surface area contributed by atoms with Gasteiger partial charge in [0.2, 0.25) is 0 Å². The summed E-state index contributed by atoms with van der Waals surface area (Å²) in [5.74, 6) is -0.532. The van der Waals surface area contributed by atoms with Gasteiger partial charge < -0.3 is 9.84 Å². The molecule has 1 aromatic carbocycles. The number of halogens is 1. The maximum Gasteiger partial charge on any atom is 0.340 e. The van der Waals surface area contributed by atoms with Gasteiger partial charge in [0.15, 0.2) is 0 Å². The van der Waals surface area contributed by atoms with E-state index in [9.17, 15) is 4.79 Å². The molecule has 1 rings (SSSR count). The van der Waals surface area contributed by atoms with Gasteiger partial charge in [0.1, 0.15) is 11.3 Å². The molecule has 0 aromatic heterocycles. The maximum absolute atomic E-state index is 11.1. The summed E-state index contributed by atoms with van der Waals surface area (Å²) >= 11 is 3.23. The second-order valence-corrected chi connectivity index (χ2v) is 5.04. The van der Waals surface area contributed by atoms with Crippen molar-refractivity contribution in [1.29, 1.82) is 0 Å². The summed E-state index contributed by atoms with van der Waals surface area (Å²) in [5, 5.41) is 9.11. The minimum atomic E-state index is -0.969. The largest absolute Gasteiger partial charge is 0.493 e. The van der Waals surface area contributed by atoms with Gasteiger partial charge in [-0.05, 0) is 34.5 Å². The number of carboxylic acids is 1. The van der Waals surface area contributed by atoms with Crippen LogP contribution in [0.25, 0.3) is 0 Å². The highest BCUT2D eigenvalue weighted by molar-refractivity contribution is 9.10. The minimum absolute atomic E-state index is 0.200. The number of hydrogen-bond acceptors (Lipinski definition) is 2. The average Bonchev–Trinajstić information content (AvgIpc) is 2.33. The van der Waals surface area contributed by atoms with Crippen LogP contribution in [0.15, 0.2) is 22.7 Å². The molecule has 0 saturated carbocycles. The van der Waals surface area contributed by atoms with E-state index in [1.54, 1.807) is 18.2 Å². The summed E-state index contributed by atoms with van der Waals surface area (Å²) < 4.78 is 6.10. The van der Waals surface area contributed by atoms with Crippen LogP contribution < -0.4 is 4.74 Å². The van der Waals surface area contributed by atoms with Crippen molar-refractivity contribution in [2.45, 2.75) is 39.0 Å². The molecule has 0 aliphatic rings. The van der Waals surface area contributed by atoms with E-state index in [4.69, 9.17) is 9.84 Å². The predicted molar refractivity (Wildman–Crippen MR) is 75.4 cm³/mol. The number of hydrogen-bond donors (Lipinski definition) is 1. The zero-order valence-corrected chi connectivity index (χ0v) is 12.2. The first-order chi connectivity index (χ1) is 8.66. The van der Waals surface area contributed by atoms with Crippen LogP contribution in [0.1, 0.15) is 49.4 Å². The Morgan fingerprint density at radius 2 is 2.00 bits per heavy atom. The molecule has 0 radical (unpaired) electrons. The molecule has 0 amide bonds. The van der Waals surface area contributed by atoms with E-state index in [0.29, 0.717) is 16.8 Å². The average molecular weight is 315 g/mol. The zero-order valence-electron chi connectivity index (χ0n) is 10.6. The van der Waals surface area contributed by atoms with Crippen LogP contribution >= 0.6 is 15.9 Å². The summed E-state index contributed by atoms with van der Waals surface area (Å²) in [6.45, 7) is 2.75. The summed E-state index contributed by atoms with van der Waals surface area (Å²) in [6, 6.07) is 5.18. The lowest BCUT2D eigenvalue weighted by Gasteiger charge is -2.10. The van der Waals surface area contributed by atoms with Crippen molar-refractivity contribution in [3.05, 3.63) is 28.2 Å². The van der Waals surface area contributed by atoms with Crippen LogP contribution in [-0.2, 0) is 0 Å². The quantitative estimate of drug-likeness (QED) is 0.719. The second-order valence-electron chi connectivity index (χ2n) is 4.18. The van der Waals surface area contributed by atoms with E-state index < -0.39 is 5.97 Å². The second kappa shape index (κ2) is 8.14. The normalized spacial score (nSPS) is 10.3. The fourth-order valence-electron chi connectivity index (χ4n) is 1.72. The van der Waals surface area contributed by atoms with Gasteiger partial charge in [-0.1, -0.05) is 38.7 Å². The molecule has 1 aromatic rings. The van der Waals surface area contributed by atoms with Crippen LogP contribution in [0.3, 0.4) is 0 Å². The Morgan fingerprint density at radius 1 is 1.28 bits per heavy atom. The molecular weight excluding hydrogens is 296 g/mol. The van der Waals surface area contributed by atoms with E-state index in [-0.39, 0.29) is 5.56 Å². The molecule has 0 aliphatic carbocycles. The molecule has 0 bridgehead atoms. The number of rotatable bonds is 8. The third-order valence-electron chi connectivity index (χ3n) is 2.69. The van der Waals surface area contributed by atoms with Crippen molar-refractivity contribution < 1.29 is 14.6 Å². The van der Waals surface area contributed by atoms with E-state index >= 15 is 0 Å². The number of ether oxygens (including phenoxy) is 1. The first-order valence-corrected chi connectivity index (χ1v) is 7.10. The van der Waals surface area contributed by atoms with Gasteiger partial charge in [-0.25, -0.2) is 4.79 Å². The lowest BCUT2D eigenvalue weighted by Crippen LogP contribution is -2.05. The lowest BCUT2D eigenvalue weighted by molar-refractivity contribution is 0.0691. The maximum atomic E-state index is 11.1. The van der Waals surface area contributed by atoms with Crippen LogP contribution in [0.5, 0.6) is 5.75 Å². The fraction of sp³-hybridized carbons (Fsp3) is 0.500. The van der Waals surface area contributed by atoms with Crippen LogP contribution in [0, 0.1) is 0 Å². The molecule has 0 atom stereocenters. The Hall–Kier alpha value is -1.03. The Morgan fingerprint density at radius 3 is 2.67 bits per heavy atom. The van der Waals surface area contributed by atoms with Crippen molar-refractivity contribution in [2.75, 3.05) is 6.61 Å². The molecule has 1 N–H and O–H groups in total. The topological polar surface area (TPSA) is 46.5 Å². The van der Waals surface area contributed by atoms with Crippen molar-refractivity contribution >= 4 is 21.9 Å². The molecule has 4 heteroatoms. The van der Waals surface area contributed by atoms with E-state index in [1.807, 2.05) is 0 Å². The SMILES string of the molecule is CCCCCCCOc1cccc(Br)c1C(=O)O. The fourth-order valence-corrected chi connectivity index (χ4v) is 2.24. The number of carboxylic acid groups (broad SMARTS) is 1. The highest BCUT2D eigenvalue weighted by Gasteiger charge is 2.14. The number of benzene rings is 1. The van der Waals surface area contributed by atoms with Gasteiger partial charge in [0.05, 0.1) is 6.61 Å². The van der Waals surface area contributed by atoms with Gasteiger partial charge in [-0.3, -0.25) is 0 Å². The smallest absolute Gasteiger partial charge is 0.340 e. The molecule has 0 fully saturated rings. The zero-order chi connectivity index (χ0) is 13.4. The summed E-state index contributed by atoms with van der Waals surface area (Å²) in [7, 11) is 0. The molecule has 0 spiro atoms. The van der Waals surface area contributed by atoms with Crippen molar-refractivity contribution in [2.24, 2.45) is 0 Å². The standard InChI is InChI=1S/C14H19BrO3/c1-2-3-4-5-6-10-18-12-9-7-8-11(15)13(12)14(16)17/h7-9H,2-6,10H2,1H3,(H,16,17). The number of carbonyl (C=O) groups is 1. The highest BCUT2D eigenvalue weighted by Crippen LogP contribution is 2.26. The summed E-state index contributed by atoms with van der Waals surface area (Å²) in [6.07, 6.45) is 5.77. The first-order valence-electron chi connectivity index (χ1n) is 6.31. The molecule has 3 nitrogen and oxygen atoms in total. The Labute approximate surface area is 116 Å². The van der Waals surface area contributed by atoms with Crippen LogP contribution in [0.2, 0.25) is 0 Å². The molecule has 0 saturated heterocycles. The lowest BCUT2D eigenvalue weighted by atomic mass is 10.1. The third-order valence-corrected chi connectivity index (χ3v) is 3.36. The van der Waals surface area contributed by atoms with Gasteiger partial charge >= 0.3 is 5.97 Å². The van der Waals surface area contributed by atoms with Gasteiger partial charge in [-0.15, -0.1) is 0 Å². The number of unbranched alkanes of at least 4 members (excludes halogenated alkanes) is 4. The molecule has 100 valence electrons.